The Labute approximate surface area is 237 Å². The highest BCUT2D eigenvalue weighted by molar-refractivity contribution is 6.30. The van der Waals surface area contributed by atoms with Crippen molar-refractivity contribution >= 4 is 34.2 Å². The van der Waals surface area contributed by atoms with Gasteiger partial charge in [0.1, 0.15) is 0 Å². The van der Waals surface area contributed by atoms with Crippen LogP contribution in [0.3, 0.4) is 0 Å². The lowest BCUT2D eigenvalue weighted by molar-refractivity contribution is -0.139. The van der Waals surface area contributed by atoms with E-state index in [1.807, 2.05) is 17.0 Å². The number of carbonyl (C=O) groups excluding carboxylic acids is 2. The smallest absolute Gasteiger partial charge is 0.223 e. The minimum Gasteiger partial charge on any atom is -0.343 e. The molecule has 2 fully saturated rings. The fraction of sp³-hybridized carbons (Fsp3) is 0.455. The van der Waals surface area contributed by atoms with E-state index in [-0.39, 0.29) is 23.9 Å². The summed E-state index contributed by atoms with van der Waals surface area (Å²) in [5.41, 5.74) is 2.48. The van der Waals surface area contributed by atoms with E-state index < -0.39 is 0 Å². The van der Waals surface area contributed by atoms with Crippen LogP contribution in [0.15, 0.2) is 66.7 Å². The third kappa shape index (κ3) is 6.31. The first-order chi connectivity index (χ1) is 18.8. The molecule has 2 atom stereocenters. The molecule has 2 aliphatic rings. The molecule has 0 aliphatic carbocycles. The lowest BCUT2D eigenvalue weighted by atomic mass is 9.90. The molecular formula is C33H40ClN3O2. The van der Waals surface area contributed by atoms with Gasteiger partial charge in [-0.05, 0) is 64.8 Å². The van der Waals surface area contributed by atoms with Gasteiger partial charge in [0, 0.05) is 57.1 Å². The predicted octanol–water partition coefficient (Wildman–Crippen LogP) is 6.40. The Balaban J connectivity index is 1.36. The van der Waals surface area contributed by atoms with Gasteiger partial charge in [0.2, 0.25) is 11.8 Å². The highest BCUT2D eigenvalue weighted by atomic mass is 35.5. The van der Waals surface area contributed by atoms with Gasteiger partial charge < -0.3 is 9.80 Å². The molecule has 2 aliphatic heterocycles. The summed E-state index contributed by atoms with van der Waals surface area (Å²) in [5.74, 6) is 1.11. The van der Waals surface area contributed by atoms with E-state index >= 15 is 0 Å². The second-order valence-corrected chi connectivity index (χ2v) is 12.0. The standard InChI is InChI=1S/C33H40ClN3O2/c1-23(2)31-22-36(18-19-37(31)32(39)20-25-14-16-35(17-15-25)24(3)38)33(27-10-12-30(34)13-11-27)29-9-8-26-6-4-5-7-28(26)21-29/h4-13,21,23,25,31,33H,14-20,22H2,1-3H3/t31-,33?/m1/s1. The van der Waals surface area contributed by atoms with Crippen molar-refractivity contribution in [3.05, 3.63) is 82.9 Å². The fourth-order valence-corrected chi connectivity index (χ4v) is 6.53. The second kappa shape index (κ2) is 12.1. The van der Waals surface area contributed by atoms with Crippen LogP contribution in [0, 0.1) is 11.8 Å². The number of fused-ring (bicyclic) bond motifs is 1. The number of benzene rings is 3. The Morgan fingerprint density at radius 2 is 1.54 bits per heavy atom. The molecule has 0 aromatic heterocycles. The van der Waals surface area contributed by atoms with Crippen LogP contribution in [0.1, 0.15) is 57.2 Å². The van der Waals surface area contributed by atoms with Crippen LogP contribution >= 0.6 is 11.6 Å². The Morgan fingerprint density at radius 1 is 0.872 bits per heavy atom. The largest absolute Gasteiger partial charge is 0.343 e. The molecule has 39 heavy (non-hydrogen) atoms. The minimum absolute atomic E-state index is 0.0845. The van der Waals surface area contributed by atoms with E-state index in [0.29, 0.717) is 18.3 Å². The Hall–Kier alpha value is -2.89. The van der Waals surface area contributed by atoms with Crippen molar-refractivity contribution in [3.8, 4) is 0 Å². The van der Waals surface area contributed by atoms with Gasteiger partial charge in [-0.2, -0.15) is 0 Å². The minimum atomic E-state index is 0.0845. The molecule has 0 saturated carbocycles. The Kier molecular flexibility index (Phi) is 8.58. The number of halogens is 1. The van der Waals surface area contributed by atoms with Crippen LogP contribution in [-0.4, -0.2) is 65.3 Å². The molecule has 0 spiro atoms. The molecule has 1 unspecified atom stereocenters. The van der Waals surface area contributed by atoms with Gasteiger partial charge in [0.25, 0.3) is 0 Å². The first kappa shape index (κ1) is 27.7. The molecule has 5 nitrogen and oxygen atoms in total. The molecule has 206 valence electrons. The van der Waals surface area contributed by atoms with E-state index in [4.69, 9.17) is 11.6 Å². The molecular weight excluding hydrogens is 506 g/mol. The van der Waals surface area contributed by atoms with Crippen LogP contribution in [0.2, 0.25) is 5.02 Å². The molecule has 2 saturated heterocycles. The van der Waals surface area contributed by atoms with E-state index in [9.17, 15) is 9.59 Å². The zero-order valence-corrected chi connectivity index (χ0v) is 24.1. The highest BCUT2D eigenvalue weighted by Crippen LogP contribution is 2.35. The van der Waals surface area contributed by atoms with Gasteiger partial charge in [0.15, 0.2) is 0 Å². The molecule has 5 rings (SSSR count). The number of likely N-dealkylation sites (tertiary alicyclic amines) is 1. The molecule has 0 radical (unpaired) electrons. The monoisotopic (exact) mass is 545 g/mol. The topological polar surface area (TPSA) is 43.9 Å². The van der Waals surface area contributed by atoms with E-state index in [2.05, 4.69) is 78.2 Å². The molecule has 0 N–H and O–H groups in total. The first-order valence-corrected chi connectivity index (χ1v) is 14.7. The molecule has 2 heterocycles. The van der Waals surface area contributed by atoms with Crippen molar-refractivity contribution in [2.24, 2.45) is 11.8 Å². The van der Waals surface area contributed by atoms with Crippen LogP contribution in [0.4, 0.5) is 0 Å². The van der Waals surface area contributed by atoms with Crippen molar-refractivity contribution in [3.63, 3.8) is 0 Å². The number of piperazine rings is 1. The number of hydrogen-bond acceptors (Lipinski definition) is 3. The zero-order chi connectivity index (χ0) is 27.5. The maximum Gasteiger partial charge on any atom is 0.223 e. The average Bonchev–Trinajstić information content (AvgIpc) is 2.94. The summed E-state index contributed by atoms with van der Waals surface area (Å²) in [7, 11) is 0. The normalized spacial score (nSPS) is 20.0. The number of nitrogens with zero attached hydrogens (tertiary/aromatic N) is 3. The molecule has 2 amide bonds. The third-order valence-corrected chi connectivity index (χ3v) is 8.96. The SMILES string of the molecule is CC(=O)N1CCC(CC(=O)N2CCN(C(c3ccc(Cl)cc3)c3ccc4ccccc4c3)C[C@@H]2C(C)C)CC1. The zero-order valence-electron chi connectivity index (χ0n) is 23.4. The summed E-state index contributed by atoms with van der Waals surface area (Å²) in [5, 5.41) is 3.21. The van der Waals surface area contributed by atoms with Gasteiger partial charge >= 0.3 is 0 Å². The van der Waals surface area contributed by atoms with Gasteiger partial charge in [-0.25, -0.2) is 0 Å². The summed E-state index contributed by atoms with van der Waals surface area (Å²) in [6, 6.07) is 23.7. The van der Waals surface area contributed by atoms with Crippen LogP contribution in [0.25, 0.3) is 10.8 Å². The molecule has 3 aromatic rings. The van der Waals surface area contributed by atoms with Crippen molar-refractivity contribution in [1.29, 1.82) is 0 Å². The van der Waals surface area contributed by atoms with Gasteiger partial charge in [-0.3, -0.25) is 14.5 Å². The number of hydrogen-bond donors (Lipinski definition) is 0. The van der Waals surface area contributed by atoms with Gasteiger partial charge in [-0.15, -0.1) is 0 Å². The maximum atomic E-state index is 13.6. The number of amides is 2. The molecule has 0 bridgehead atoms. The van der Waals surface area contributed by atoms with Gasteiger partial charge in [0.05, 0.1) is 6.04 Å². The summed E-state index contributed by atoms with van der Waals surface area (Å²) in [4.78, 5) is 31.9. The average molecular weight is 546 g/mol. The summed E-state index contributed by atoms with van der Waals surface area (Å²) in [6.45, 7) is 10.00. The Morgan fingerprint density at radius 3 is 2.21 bits per heavy atom. The quantitative estimate of drug-likeness (QED) is 0.360. The van der Waals surface area contributed by atoms with Crippen molar-refractivity contribution in [1.82, 2.24) is 14.7 Å². The maximum absolute atomic E-state index is 13.6. The summed E-state index contributed by atoms with van der Waals surface area (Å²) < 4.78 is 0. The number of piperidine rings is 1. The lowest BCUT2D eigenvalue weighted by Gasteiger charge is -2.47. The number of carbonyl (C=O) groups is 2. The molecule has 6 heteroatoms. The van der Waals surface area contributed by atoms with Gasteiger partial charge in [-0.1, -0.05) is 74.0 Å². The Bertz CT molecular complexity index is 1300. The lowest BCUT2D eigenvalue weighted by Crippen LogP contribution is -2.58. The molecule has 3 aromatic carbocycles. The summed E-state index contributed by atoms with van der Waals surface area (Å²) >= 11 is 6.27. The van der Waals surface area contributed by atoms with Crippen molar-refractivity contribution < 1.29 is 9.59 Å². The summed E-state index contributed by atoms with van der Waals surface area (Å²) in [6.07, 6.45) is 2.41. The van der Waals surface area contributed by atoms with Crippen LogP contribution < -0.4 is 0 Å². The van der Waals surface area contributed by atoms with Crippen molar-refractivity contribution in [2.45, 2.75) is 52.1 Å². The van der Waals surface area contributed by atoms with E-state index in [1.165, 1.54) is 21.9 Å². The van der Waals surface area contributed by atoms with Crippen LogP contribution in [0.5, 0.6) is 0 Å². The van der Waals surface area contributed by atoms with Crippen LogP contribution in [-0.2, 0) is 9.59 Å². The van der Waals surface area contributed by atoms with E-state index in [1.54, 1.807) is 6.92 Å². The van der Waals surface area contributed by atoms with Crippen molar-refractivity contribution in [2.75, 3.05) is 32.7 Å². The van der Waals surface area contributed by atoms with E-state index in [0.717, 1.165) is 50.6 Å². The highest BCUT2D eigenvalue weighted by Gasteiger charge is 2.37. The fourth-order valence-electron chi connectivity index (χ4n) is 6.40. The third-order valence-electron chi connectivity index (χ3n) is 8.70. The second-order valence-electron chi connectivity index (χ2n) is 11.6. The predicted molar refractivity (Wildman–Crippen MR) is 159 cm³/mol. The first-order valence-electron chi connectivity index (χ1n) is 14.3. The number of rotatable bonds is 6.